The lowest BCUT2D eigenvalue weighted by Gasteiger charge is -2.23. The van der Waals surface area contributed by atoms with Crippen molar-refractivity contribution in [3.63, 3.8) is 0 Å². The third kappa shape index (κ3) is 5.78. The molecule has 180 valence electrons. The Balaban J connectivity index is 0.00000158. The smallest absolute Gasteiger partial charge is 0.349 e. The van der Waals surface area contributed by atoms with E-state index >= 15 is 0 Å². The van der Waals surface area contributed by atoms with Crippen LogP contribution in [0, 0.1) is 6.92 Å². The fourth-order valence-corrected chi connectivity index (χ4v) is 4.08. The second-order valence-electron chi connectivity index (χ2n) is 8.11. The third-order valence-electron chi connectivity index (χ3n) is 5.58. The van der Waals surface area contributed by atoms with Crippen LogP contribution in [0.25, 0.3) is 22.6 Å². The minimum Gasteiger partial charge on any atom is -0.376 e. The maximum atomic E-state index is 12.5. The molecule has 2 aromatic carbocycles. The number of rotatable bonds is 8. The van der Waals surface area contributed by atoms with Crippen molar-refractivity contribution in [2.45, 2.75) is 66.5 Å². The van der Waals surface area contributed by atoms with Gasteiger partial charge in [0.2, 0.25) is 0 Å². The predicted octanol–water partition coefficient (Wildman–Crippen LogP) is 4.52. The average Bonchev–Trinajstić information content (AvgIpc) is 2.82. The van der Waals surface area contributed by atoms with E-state index in [1.807, 2.05) is 37.5 Å². The lowest BCUT2D eigenvalue weighted by atomic mass is 10.1. The number of nitrogens with one attached hydrogen (secondary N) is 1. The Morgan fingerprint density at radius 2 is 1.71 bits per heavy atom. The number of ether oxygens (including phenoxy) is 1. The van der Waals surface area contributed by atoms with Crippen LogP contribution in [0.5, 0.6) is 0 Å². The molecule has 1 atom stereocenters. The number of aromatic amines is 1. The van der Waals surface area contributed by atoms with Crippen molar-refractivity contribution >= 4 is 11.0 Å². The maximum Gasteiger partial charge on any atom is 0.349 e. The van der Waals surface area contributed by atoms with Crippen LogP contribution < -0.4 is 11.2 Å². The second kappa shape index (κ2) is 11.7. The van der Waals surface area contributed by atoms with Crippen molar-refractivity contribution in [2.75, 3.05) is 6.61 Å². The zero-order chi connectivity index (χ0) is 24.7. The van der Waals surface area contributed by atoms with E-state index in [-0.39, 0.29) is 17.6 Å². The van der Waals surface area contributed by atoms with E-state index in [1.54, 1.807) is 0 Å². The van der Waals surface area contributed by atoms with Gasteiger partial charge in [0.05, 0.1) is 23.7 Å². The highest BCUT2D eigenvalue weighted by Gasteiger charge is 2.21. The molecule has 0 amide bonds. The van der Waals surface area contributed by atoms with Crippen molar-refractivity contribution in [3.05, 3.63) is 80.0 Å². The normalized spacial score (nSPS) is 11.9. The van der Waals surface area contributed by atoms with E-state index in [9.17, 15) is 9.59 Å². The SMILES string of the molecule is CC.CCCc1ccc2c(c1)nc1c(=O)[nH]c(=O)nc-1n2CC(Cc1ccc(C)cc1)OCC. The Bertz CT molecular complexity index is 1310. The average molecular weight is 463 g/mol. The number of H-pyrrole nitrogens is 1. The Labute approximate surface area is 200 Å². The molecule has 0 bridgehead atoms. The van der Waals surface area contributed by atoms with Gasteiger partial charge in [-0.15, -0.1) is 0 Å². The molecule has 7 nitrogen and oxygen atoms in total. The number of hydrogen-bond acceptors (Lipinski definition) is 5. The number of aromatic nitrogens is 4. The van der Waals surface area contributed by atoms with Crippen LogP contribution in [0.4, 0.5) is 0 Å². The van der Waals surface area contributed by atoms with Gasteiger partial charge in [-0.1, -0.05) is 63.1 Å². The van der Waals surface area contributed by atoms with Crippen LogP contribution in [0.3, 0.4) is 0 Å². The molecule has 2 aromatic rings. The number of fused-ring (bicyclic) bond motifs is 2. The Morgan fingerprint density at radius 3 is 2.38 bits per heavy atom. The Hall–Kier alpha value is -3.32. The summed E-state index contributed by atoms with van der Waals surface area (Å²) in [4.78, 5) is 35.5. The zero-order valence-electron chi connectivity index (χ0n) is 20.7. The molecule has 34 heavy (non-hydrogen) atoms. The van der Waals surface area contributed by atoms with Crippen LogP contribution in [0.15, 0.2) is 52.1 Å². The van der Waals surface area contributed by atoms with E-state index < -0.39 is 11.2 Å². The van der Waals surface area contributed by atoms with Gasteiger partial charge in [0.1, 0.15) is 0 Å². The molecule has 0 spiro atoms. The minimum absolute atomic E-state index is 0.159. The molecule has 4 rings (SSSR count). The van der Waals surface area contributed by atoms with Gasteiger partial charge >= 0.3 is 5.69 Å². The molecular weight excluding hydrogens is 428 g/mol. The summed E-state index contributed by atoms with van der Waals surface area (Å²) >= 11 is 0. The Kier molecular flexibility index (Phi) is 8.71. The monoisotopic (exact) mass is 462 g/mol. The van der Waals surface area contributed by atoms with Crippen LogP contribution in [-0.2, 0) is 24.1 Å². The summed E-state index contributed by atoms with van der Waals surface area (Å²) in [6, 6.07) is 14.4. The number of benzene rings is 2. The molecule has 0 saturated carbocycles. The van der Waals surface area contributed by atoms with Crippen molar-refractivity contribution < 1.29 is 4.74 Å². The number of hydrogen-bond donors (Lipinski definition) is 1. The molecule has 0 saturated heterocycles. The molecule has 0 aliphatic carbocycles. The molecule has 0 fully saturated rings. The van der Waals surface area contributed by atoms with Gasteiger partial charge in [0, 0.05) is 13.0 Å². The first kappa shape index (κ1) is 25.3. The lowest BCUT2D eigenvalue weighted by molar-refractivity contribution is 0.0517. The Morgan fingerprint density at radius 1 is 1.00 bits per heavy atom. The summed E-state index contributed by atoms with van der Waals surface area (Å²) in [5.74, 6) is 0.281. The molecule has 1 N–H and O–H groups in total. The summed E-state index contributed by atoms with van der Waals surface area (Å²) in [6.45, 7) is 11.1. The molecule has 7 heteroatoms. The second-order valence-corrected chi connectivity index (χ2v) is 8.11. The van der Waals surface area contributed by atoms with E-state index in [2.05, 4.69) is 59.1 Å². The largest absolute Gasteiger partial charge is 0.376 e. The molecule has 2 aliphatic heterocycles. The fraction of sp³-hybridized carbons (Fsp3) is 0.407. The summed E-state index contributed by atoms with van der Waals surface area (Å²) in [5.41, 5.74) is 4.02. The van der Waals surface area contributed by atoms with Gasteiger partial charge in [-0.3, -0.25) is 9.78 Å². The van der Waals surface area contributed by atoms with Crippen molar-refractivity contribution in [1.29, 1.82) is 0 Å². The van der Waals surface area contributed by atoms with Gasteiger partial charge in [0.25, 0.3) is 5.56 Å². The number of nitrogens with zero attached hydrogens (tertiary/aromatic N) is 3. The topological polar surface area (TPSA) is 89.9 Å². The van der Waals surface area contributed by atoms with Gasteiger partial charge in [0.15, 0.2) is 11.5 Å². The summed E-state index contributed by atoms with van der Waals surface area (Å²) in [7, 11) is 0. The molecule has 1 unspecified atom stereocenters. The minimum atomic E-state index is -0.675. The molecule has 0 aromatic heterocycles. The van der Waals surface area contributed by atoms with Gasteiger partial charge in [-0.25, -0.2) is 9.78 Å². The highest BCUT2D eigenvalue weighted by molar-refractivity contribution is 5.80. The van der Waals surface area contributed by atoms with Crippen molar-refractivity contribution in [2.24, 2.45) is 0 Å². The van der Waals surface area contributed by atoms with E-state index in [0.29, 0.717) is 25.1 Å². The van der Waals surface area contributed by atoms with Crippen LogP contribution in [0.2, 0.25) is 0 Å². The van der Waals surface area contributed by atoms with E-state index in [0.717, 1.165) is 29.5 Å². The van der Waals surface area contributed by atoms with Crippen molar-refractivity contribution in [1.82, 2.24) is 19.5 Å². The predicted molar refractivity (Wildman–Crippen MR) is 137 cm³/mol. The van der Waals surface area contributed by atoms with Gasteiger partial charge in [-0.2, -0.15) is 4.98 Å². The van der Waals surface area contributed by atoms with Crippen LogP contribution in [-0.4, -0.2) is 32.2 Å². The highest BCUT2D eigenvalue weighted by Crippen LogP contribution is 2.24. The van der Waals surface area contributed by atoms with Gasteiger partial charge < -0.3 is 9.30 Å². The molecular formula is C27H34N4O3. The molecule has 0 radical (unpaired) electrons. The standard InChI is InChI=1S/C25H28N4O3.C2H6/c1-4-6-17-11-12-21-20(14-17)26-22-23(27-25(31)28-24(22)30)29(21)15-19(32-5-2)13-18-9-7-16(3)8-10-18;1-2/h7-12,14,19H,4-6,13,15H2,1-3H3,(H,28,30,31);1-2H3. The highest BCUT2D eigenvalue weighted by atomic mass is 16.5. The summed E-state index contributed by atoms with van der Waals surface area (Å²) < 4.78 is 7.97. The quantitative estimate of drug-likeness (QED) is 0.389. The van der Waals surface area contributed by atoms with E-state index in [4.69, 9.17) is 4.74 Å². The van der Waals surface area contributed by atoms with Crippen LogP contribution >= 0.6 is 0 Å². The zero-order valence-corrected chi connectivity index (χ0v) is 20.7. The fourth-order valence-electron chi connectivity index (χ4n) is 4.08. The number of aryl methyl sites for hydroxylation is 2. The van der Waals surface area contributed by atoms with Crippen molar-refractivity contribution in [3.8, 4) is 11.5 Å². The van der Waals surface area contributed by atoms with E-state index in [1.165, 1.54) is 5.56 Å². The summed E-state index contributed by atoms with van der Waals surface area (Å²) in [5, 5.41) is 0. The third-order valence-corrected chi connectivity index (χ3v) is 5.58. The summed E-state index contributed by atoms with van der Waals surface area (Å²) in [6.07, 6.45) is 2.49. The first-order valence-corrected chi connectivity index (χ1v) is 12.1. The maximum absolute atomic E-state index is 12.5. The molecule has 2 heterocycles. The first-order valence-electron chi connectivity index (χ1n) is 12.1. The van der Waals surface area contributed by atoms with Gasteiger partial charge in [-0.05, 0) is 43.5 Å². The molecule has 2 aliphatic rings. The lowest BCUT2D eigenvalue weighted by Crippen LogP contribution is -2.31. The van der Waals surface area contributed by atoms with Crippen LogP contribution in [0.1, 0.15) is 50.8 Å². The first-order chi connectivity index (χ1) is 16.5.